The molecule has 0 fully saturated rings. The van der Waals surface area contributed by atoms with Gasteiger partial charge in [0.05, 0.1) is 11.6 Å². The lowest BCUT2D eigenvalue weighted by Gasteiger charge is -2.12. The molecule has 0 saturated carbocycles. The number of carbonyl (C=O) groups is 1. The molecule has 2 N–H and O–H groups in total. The summed E-state index contributed by atoms with van der Waals surface area (Å²) in [6.45, 7) is 5.04. The monoisotopic (exact) mass is 424 g/mol. The lowest BCUT2D eigenvalue weighted by molar-refractivity contribution is -0.118. The Labute approximate surface area is 182 Å². The summed E-state index contributed by atoms with van der Waals surface area (Å²) >= 11 is 6.33. The van der Waals surface area contributed by atoms with Crippen LogP contribution < -0.4 is 20.1 Å². The quantitative estimate of drug-likeness (QED) is 0.464. The Morgan fingerprint density at radius 1 is 1.00 bits per heavy atom. The molecule has 0 aliphatic carbocycles. The van der Waals surface area contributed by atoms with Crippen molar-refractivity contribution in [1.29, 1.82) is 0 Å². The van der Waals surface area contributed by atoms with Gasteiger partial charge in [-0.25, -0.2) is 0 Å². The molecule has 0 radical (unpaired) electrons. The zero-order chi connectivity index (χ0) is 21.3. The van der Waals surface area contributed by atoms with Gasteiger partial charge in [-0.05, 0) is 67.4 Å². The van der Waals surface area contributed by atoms with Gasteiger partial charge in [0, 0.05) is 17.9 Å². The number of halogens is 1. The highest BCUT2D eigenvalue weighted by atomic mass is 35.5. The Balaban J connectivity index is 1.51. The number of benzene rings is 3. The minimum atomic E-state index is -0.235. The Morgan fingerprint density at radius 3 is 2.47 bits per heavy atom. The standard InChI is InChI=1S/C24H25ClN2O3/c1-3-29-20-11-9-19(10-12-20)26-15-18-8-13-23(21(25)14-18)30-16-24(28)27-22-7-5-4-6-17(22)2/h4-14,26H,3,15-16H2,1-2H3,(H,27,28). The van der Waals surface area contributed by atoms with Crippen molar-refractivity contribution in [2.24, 2.45) is 0 Å². The first-order valence-electron chi connectivity index (χ1n) is 9.78. The van der Waals surface area contributed by atoms with E-state index in [0.29, 0.717) is 23.9 Å². The summed E-state index contributed by atoms with van der Waals surface area (Å²) in [5.74, 6) is 1.09. The van der Waals surface area contributed by atoms with E-state index in [1.807, 2.05) is 74.5 Å². The summed E-state index contributed by atoms with van der Waals surface area (Å²) in [4.78, 5) is 12.1. The maximum Gasteiger partial charge on any atom is 0.262 e. The average Bonchev–Trinajstić information content (AvgIpc) is 2.74. The lowest BCUT2D eigenvalue weighted by Crippen LogP contribution is -2.20. The summed E-state index contributed by atoms with van der Waals surface area (Å²) < 4.78 is 11.0. The number of ether oxygens (including phenoxy) is 2. The van der Waals surface area contributed by atoms with Gasteiger partial charge in [0.25, 0.3) is 5.91 Å². The second-order valence-electron chi connectivity index (χ2n) is 6.73. The molecule has 156 valence electrons. The Hall–Kier alpha value is -3.18. The third-order valence-electron chi connectivity index (χ3n) is 4.44. The zero-order valence-electron chi connectivity index (χ0n) is 17.1. The van der Waals surface area contributed by atoms with Gasteiger partial charge in [0.1, 0.15) is 11.5 Å². The number of hydrogen-bond donors (Lipinski definition) is 2. The fraction of sp³-hybridized carbons (Fsp3) is 0.208. The minimum absolute atomic E-state index is 0.113. The largest absolute Gasteiger partial charge is 0.494 e. The van der Waals surface area contributed by atoms with Crippen LogP contribution in [0.1, 0.15) is 18.1 Å². The fourth-order valence-electron chi connectivity index (χ4n) is 2.85. The van der Waals surface area contributed by atoms with Gasteiger partial charge in [-0.3, -0.25) is 4.79 Å². The maximum atomic E-state index is 12.1. The Bertz CT molecular complexity index is 990. The maximum absolute atomic E-state index is 12.1. The van der Waals surface area contributed by atoms with Crippen molar-refractivity contribution in [2.75, 3.05) is 23.8 Å². The van der Waals surface area contributed by atoms with E-state index in [1.54, 1.807) is 6.07 Å². The molecule has 5 nitrogen and oxygen atoms in total. The van der Waals surface area contributed by atoms with E-state index in [9.17, 15) is 4.79 Å². The second-order valence-corrected chi connectivity index (χ2v) is 7.13. The molecule has 0 unspecified atom stereocenters. The van der Waals surface area contributed by atoms with Crippen LogP contribution in [0.15, 0.2) is 66.7 Å². The Morgan fingerprint density at radius 2 is 1.77 bits per heavy atom. The van der Waals surface area contributed by atoms with Crippen molar-refractivity contribution in [3.63, 3.8) is 0 Å². The topological polar surface area (TPSA) is 59.6 Å². The third kappa shape index (κ3) is 6.16. The highest BCUT2D eigenvalue weighted by molar-refractivity contribution is 6.32. The van der Waals surface area contributed by atoms with Crippen molar-refractivity contribution in [3.05, 3.63) is 82.9 Å². The molecule has 3 rings (SSSR count). The van der Waals surface area contributed by atoms with Crippen LogP contribution in [0.25, 0.3) is 0 Å². The van der Waals surface area contributed by atoms with Crippen LogP contribution in [0, 0.1) is 6.92 Å². The van der Waals surface area contributed by atoms with Crippen LogP contribution in [0.5, 0.6) is 11.5 Å². The number of nitrogens with one attached hydrogen (secondary N) is 2. The van der Waals surface area contributed by atoms with Gasteiger partial charge in [0.2, 0.25) is 0 Å². The molecule has 0 aliphatic heterocycles. The van der Waals surface area contributed by atoms with Gasteiger partial charge in [-0.1, -0.05) is 35.9 Å². The molecule has 0 heterocycles. The zero-order valence-corrected chi connectivity index (χ0v) is 17.8. The van der Waals surface area contributed by atoms with Gasteiger partial charge < -0.3 is 20.1 Å². The van der Waals surface area contributed by atoms with E-state index in [1.165, 1.54) is 0 Å². The molecule has 3 aromatic carbocycles. The van der Waals surface area contributed by atoms with Crippen LogP contribution >= 0.6 is 11.6 Å². The summed E-state index contributed by atoms with van der Waals surface area (Å²) in [7, 11) is 0. The molecule has 3 aromatic rings. The highest BCUT2D eigenvalue weighted by Gasteiger charge is 2.08. The normalized spacial score (nSPS) is 10.4. The molecule has 6 heteroatoms. The highest BCUT2D eigenvalue weighted by Crippen LogP contribution is 2.26. The molecular formula is C24H25ClN2O3. The average molecular weight is 425 g/mol. The van der Waals surface area contributed by atoms with Gasteiger partial charge >= 0.3 is 0 Å². The summed E-state index contributed by atoms with van der Waals surface area (Å²) in [5.41, 5.74) is 3.76. The van der Waals surface area contributed by atoms with Crippen molar-refractivity contribution < 1.29 is 14.3 Å². The predicted octanol–water partition coefficient (Wildman–Crippen LogP) is 5.68. The molecule has 0 spiro atoms. The van der Waals surface area contributed by atoms with E-state index in [0.717, 1.165) is 28.3 Å². The smallest absolute Gasteiger partial charge is 0.262 e. The first-order chi connectivity index (χ1) is 14.5. The summed E-state index contributed by atoms with van der Waals surface area (Å²) in [6, 6.07) is 20.9. The molecule has 0 aliphatic rings. The van der Waals surface area contributed by atoms with Crippen LogP contribution in [0.2, 0.25) is 5.02 Å². The number of aryl methyl sites for hydroxylation is 1. The van der Waals surface area contributed by atoms with Crippen LogP contribution in [0.4, 0.5) is 11.4 Å². The van der Waals surface area contributed by atoms with Gasteiger partial charge in [0.15, 0.2) is 6.61 Å². The predicted molar refractivity (Wildman–Crippen MR) is 122 cm³/mol. The third-order valence-corrected chi connectivity index (χ3v) is 4.73. The Kier molecular flexibility index (Phi) is 7.57. The van der Waals surface area contributed by atoms with Crippen molar-refractivity contribution >= 4 is 28.9 Å². The van der Waals surface area contributed by atoms with E-state index in [-0.39, 0.29) is 12.5 Å². The van der Waals surface area contributed by atoms with Crippen molar-refractivity contribution in [2.45, 2.75) is 20.4 Å². The fourth-order valence-corrected chi connectivity index (χ4v) is 3.11. The first kappa shape index (κ1) is 21.5. The lowest BCUT2D eigenvalue weighted by atomic mass is 10.2. The molecule has 0 bridgehead atoms. The van der Waals surface area contributed by atoms with Crippen LogP contribution in [0.3, 0.4) is 0 Å². The van der Waals surface area contributed by atoms with Crippen molar-refractivity contribution in [3.8, 4) is 11.5 Å². The summed E-state index contributed by atoms with van der Waals surface area (Å²) in [5, 5.41) is 6.64. The first-order valence-corrected chi connectivity index (χ1v) is 10.2. The summed E-state index contributed by atoms with van der Waals surface area (Å²) in [6.07, 6.45) is 0. The molecule has 1 amide bonds. The second kappa shape index (κ2) is 10.6. The number of para-hydroxylation sites is 1. The van der Waals surface area contributed by atoms with E-state index >= 15 is 0 Å². The molecular weight excluding hydrogens is 400 g/mol. The number of rotatable bonds is 9. The van der Waals surface area contributed by atoms with Crippen molar-refractivity contribution in [1.82, 2.24) is 0 Å². The number of anilines is 2. The van der Waals surface area contributed by atoms with E-state index < -0.39 is 0 Å². The molecule has 0 atom stereocenters. The SMILES string of the molecule is CCOc1ccc(NCc2ccc(OCC(=O)Nc3ccccc3C)c(Cl)c2)cc1. The van der Waals surface area contributed by atoms with Gasteiger partial charge in [-0.2, -0.15) is 0 Å². The number of carbonyl (C=O) groups excluding carboxylic acids is 1. The number of amides is 1. The van der Waals surface area contributed by atoms with Crippen LogP contribution in [-0.2, 0) is 11.3 Å². The minimum Gasteiger partial charge on any atom is -0.494 e. The molecule has 0 saturated heterocycles. The molecule has 0 aromatic heterocycles. The van der Waals surface area contributed by atoms with Gasteiger partial charge in [-0.15, -0.1) is 0 Å². The van der Waals surface area contributed by atoms with E-state index in [2.05, 4.69) is 10.6 Å². The molecule has 30 heavy (non-hydrogen) atoms. The van der Waals surface area contributed by atoms with E-state index in [4.69, 9.17) is 21.1 Å². The number of hydrogen-bond acceptors (Lipinski definition) is 4. The van der Waals surface area contributed by atoms with Crippen LogP contribution in [-0.4, -0.2) is 19.1 Å².